The Morgan fingerprint density at radius 3 is 2.05 bits per heavy atom. The van der Waals surface area contributed by atoms with Crippen LogP contribution in [0.1, 0.15) is 84.0 Å². The number of amides is 1. The first-order valence-corrected chi connectivity index (χ1v) is 8.60. The number of unbranched alkanes of at least 4 members (excludes halogenated alkanes) is 8. The second-order valence-electron chi connectivity index (χ2n) is 5.55. The summed E-state index contributed by atoms with van der Waals surface area (Å²) in [6, 6.07) is 0. The maximum absolute atomic E-state index is 10.9. The molecule has 0 aliphatic rings. The van der Waals surface area contributed by atoms with Gasteiger partial charge in [-0.2, -0.15) is 0 Å². The molecule has 0 bridgehead atoms. The molecule has 0 aliphatic carbocycles. The largest absolute Gasteiger partial charge is 0.294 e. The minimum absolute atomic E-state index is 0.0549. The van der Waals surface area contributed by atoms with Crippen LogP contribution in [-0.4, -0.2) is 5.91 Å². The molecule has 21 heavy (non-hydrogen) atoms. The highest BCUT2D eigenvalue weighted by atomic mass is 16.2. The molecule has 3 N–H and O–H groups in total. The third-order valence-corrected chi connectivity index (χ3v) is 3.52. The molecule has 0 unspecified atom stereocenters. The molecule has 0 radical (unpaired) electrons. The summed E-state index contributed by atoms with van der Waals surface area (Å²) in [4.78, 5) is 10.9. The van der Waals surface area contributed by atoms with E-state index in [4.69, 9.17) is 5.84 Å². The number of rotatable bonds is 14. The third-order valence-electron chi connectivity index (χ3n) is 3.52. The molecule has 122 valence electrons. The Labute approximate surface area is 131 Å². The fourth-order valence-electron chi connectivity index (χ4n) is 2.17. The number of carbonyl (C=O) groups is 1. The number of carbonyl (C=O) groups excluding carboxylic acids is 1. The van der Waals surface area contributed by atoms with E-state index in [1.54, 1.807) is 0 Å². The molecule has 0 atom stereocenters. The Morgan fingerprint density at radius 2 is 1.43 bits per heavy atom. The van der Waals surface area contributed by atoms with Crippen molar-refractivity contribution in [1.29, 1.82) is 0 Å². The van der Waals surface area contributed by atoms with Crippen LogP contribution in [0, 0.1) is 0 Å². The van der Waals surface area contributed by atoms with E-state index < -0.39 is 0 Å². The molecule has 0 spiro atoms. The van der Waals surface area contributed by atoms with E-state index in [1.165, 1.54) is 51.4 Å². The number of hydrogen-bond donors (Lipinski definition) is 2. The normalized spacial score (nSPS) is 11.5. The van der Waals surface area contributed by atoms with Crippen LogP contribution in [0.15, 0.2) is 24.3 Å². The SMILES string of the molecule is CCCCCC=CCC=CCCCCCCCC(=O)NN. The topological polar surface area (TPSA) is 55.1 Å². The van der Waals surface area contributed by atoms with Gasteiger partial charge in [-0.05, 0) is 38.5 Å². The Balaban J connectivity index is 3.20. The summed E-state index contributed by atoms with van der Waals surface area (Å²) >= 11 is 0. The van der Waals surface area contributed by atoms with Crippen LogP contribution in [0.25, 0.3) is 0 Å². The zero-order chi connectivity index (χ0) is 15.6. The van der Waals surface area contributed by atoms with Crippen molar-refractivity contribution in [3.8, 4) is 0 Å². The van der Waals surface area contributed by atoms with Gasteiger partial charge in [-0.1, -0.05) is 63.3 Å². The zero-order valence-corrected chi connectivity index (χ0v) is 13.8. The van der Waals surface area contributed by atoms with E-state index in [0.29, 0.717) is 6.42 Å². The predicted molar refractivity (Wildman–Crippen MR) is 91.7 cm³/mol. The maximum atomic E-state index is 10.9. The standard InChI is InChI=1S/C18H34N2O/c1-2-3-4-5-6-7-8-9-10-11-12-13-14-15-16-17-18(21)20-19/h6-7,9-10H,2-5,8,11-17,19H2,1H3,(H,20,21). The second kappa shape index (κ2) is 17.0. The summed E-state index contributed by atoms with van der Waals surface area (Å²) in [5, 5.41) is 0. The molecule has 0 rings (SSSR count). The highest BCUT2D eigenvalue weighted by Gasteiger charge is 1.96. The maximum Gasteiger partial charge on any atom is 0.233 e. The van der Waals surface area contributed by atoms with Gasteiger partial charge in [0, 0.05) is 6.42 Å². The molecule has 0 aromatic rings. The van der Waals surface area contributed by atoms with Crippen molar-refractivity contribution >= 4 is 5.91 Å². The molecule has 1 amide bonds. The highest BCUT2D eigenvalue weighted by Crippen LogP contribution is 2.08. The summed E-state index contributed by atoms with van der Waals surface area (Å²) in [5.74, 6) is 4.97. The van der Waals surface area contributed by atoms with Crippen molar-refractivity contribution in [3.05, 3.63) is 24.3 Å². The molecular weight excluding hydrogens is 260 g/mol. The van der Waals surface area contributed by atoms with E-state index in [9.17, 15) is 4.79 Å². The van der Waals surface area contributed by atoms with Gasteiger partial charge in [0.1, 0.15) is 0 Å². The lowest BCUT2D eigenvalue weighted by molar-refractivity contribution is -0.121. The van der Waals surface area contributed by atoms with Gasteiger partial charge in [-0.3, -0.25) is 10.2 Å². The number of hydrazine groups is 1. The lowest BCUT2D eigenvalue weighted by atomic mass is 10.1. The molecule has 0 heterocycles. The van der Waals surface area contributed by atoms with Crippen LogP contribution >= 0.6 is 0 Å². The van der Waals surface area contributed by atoms with Gasteiger partial charge in [-0.15, -0.1) is 0 Å². The molecular formula is C18H34N2O. The quantitative estimate of drug-likeness (QED) is 0.159. The molecule has 0 aromatic heterocycles. The lowest BCUT2D eigenvalue weighted by Gasteiger charge is -2.00. The van der Waals surface area contributed by atoms with E-state index in [2.05, 4.69) is 36.7 Å². The minimum atomic E-state index is -0.0549. The van der Waals surface area contributed by atoms with Crippen molar-refractivity contribution < 1.29 is 4.79 Å². The van der Waals surface area contributed by atoms with Crippen molar-refractivity contribution in [2.75, 3.05) is 0 Å². The molecule has 0 saturated heterocycles. The lowest BCUT2D eigenvalue weighted by Crippen LogP contribution is -2.29. The molecule has 3 nitrogen and oxygen atoms in total. The number of nitrogens with one attached hydrogen (secondary N) is 1. The summed E-state index contributed by atoms with van der Waals surface area (Å²) in [6.45, 7) is 2.24. The smallest absolute Gasteiger partial charge is 0.233 e. The fourth-order valence-corrected chi connectivity index (χ4v) is 2.17. The average Bonchev–Trinajstić information content (AvgIpc) is 2.50. The van der Waals surface area contributed by atoms with Crippen molar-refractivity contribution in [1.82, 2.24) is 5.43 Å². The molecule has 0 fully saturated rings. The second-order valence-corrected chi connectivity index (χ2v) is 5.55. The van der Waals surface area contributed by atoms with Gasteiger partial charge in [0.25, 0.3) is 0 Å². The van der Waals surface area contributed by atoms with Crippen LogP contribution < -0.4 is 11.3 Å². The van der Waals surface area contributed by atoms with Crippen molar-refractivity contribution in [2.45, 2.75) is 84.0 Å². The molecule has 3 heteroatoms. The first-order valence-electron chi connectivity index (χ1n) is 8.60. The van der Waals surface area contributed by atoms with Crippen LogP contribution in [0.4, 0.5) is 0 Å². The van der Waals surface area contributed by atoms with E-state index in [1.807, 2.05) is 0 Å². The first kappa shape index (κ1) is 19.9. The van der Waals surface area contributed by atoms with E-state index in [-0.39, 0.29) is 5.91 Å². The van der Waals surface area contributed by atoms with Gasteiger partial charge < -0.3 is 0 Å². The minimum Gasteiger partial charge on any atom is -0.294 e. The highest BCUT2D eigenvalue weighted by molar-refractivity contribution is 5.74. The van der Waals surface area contributed by atoms with Gasteiger partial charge in [0.2, 0.25) is 5.91 Å². The Morgan fingerprint density at radius 1 is 0.857 bits per heavy atom. The molecule has 0 aromatic carbocycles. The number of hydrogen-bond acceptors (Lipinski definition) is 2. The summed E-state index contributed by atoms with van der Waals surface area (Å²) < 4.78 is 0. The third kappa shape index (κ3) is 16.9. The van der Waals surface area contributed by atoms with Gasteiger partial charge >= 0.3 is 0 Å². The predicted octanol–water partition coefficient (Wildman–Crippen LogP) is 4.79. The van der Waals surface area contributed by atoms with Crippen LogP contribution in [0.2, 0.25) is 0 Å². The Bertz CT molecular complexity index is 285. The Hall–Kier alpha value is -1.09. The monoisotopic (exact) mass is 294 g/mol. The molecule has 0 saturated carbocycles. The van der Waals surface area contributed by atoms with E-state index >= 15 is 0 Å². The number of nitrogens with two attached hydrogens (primary N) is 1. The van der Waals surface area contributed by atoms with Gasteiger partial charge in [0.05, 0.1) is 0 Å². The van der Waals surface area contributed by atoms with E-state index in [0.717, 1.165) is 19.3 Å². The van der Waals surface area contributed by atoms with Crippen molar-refractivity contribution in [3.63, 3.8) is 0 Å². The number of allylic oxidation sites excluding steroid dienone is 4. The van der Waals surface area contributed by atoms with Crippen LogP contribution in [0.5, 0.6) is 0 Å². The van der Waals surface area contributed by atoms with Gasteiger partial charge in [-0.25, -0.2) is 5.84 Å². The average molecular weight is 294 g/mol. The van der Waals surface area contributed by atoms with Crippen LogP contribution in [0.3, 0.4) is 0 Å². The first-order chi connectivity index (χ1) is 10.3. The van der Waals surface area contributed by atoms with Crippen LogP contribution in [-0.2, 0) is 4.79 Å². The fraction of sp³-hybridized carbons (Fsp3) is 0.722. The van der Waals surface area contributed by atoms with Gasteiger partial charge in [0.15, 0.2) is 0 Å². The van der Waals surface area contributed by atoms with Crippen molar-refractivity contribution in [2.24, 2.45) is 5.84 Å². The Kier molecular flexibility index (Phi) is 16.1. The summed E-state index contributed by atoms with van der Waals surface area (Å²) in [5.41, 5.74) is 2.16. The molecule has 0 aliphatic heterocycles. The summed E-state index contributed by atoms with van der Waals surface area (Å²) in [6.07, 6.45) is 22.9. The summed E-state index contributed by atoms with van der Waals surface area (Å²) in [7, 11) is 0. The zero-order valence-electron chi connectivity index (χ0n) is 13.8.